The van der Waals surface area contributed by atoms with Gasteiger partial charge in [-0.05, 0) is 86.1 Å². The Morgan fingerprint density at radius 3 is 2.35 bits per heavy atom. The lowest BCUT2D eigenvalue weighted by atomic mass is 9.52. The average Bonchev–Trinajstić information content (AvgIpc) is 2.88. The zero-order valence-electron chi connectivity index (χ0n) is 25.4. The molecule has 2 N–H and O–H groups in total. The fourth-order valence-electron chi connectivity index (χ4n) is 7.18. The van der Waals surface area contributed by atoms with Gasteiger partial charge in [-0.1, -0.05) is 45.0 Å². The zero-order valence-corrected chi connectivity index (χ0v) is 26.2. The highest BCUT2D eigenvalue weighted by molar-refractivity contribution is 7.92. The number of hydrogen-bond donors (Lipinski definition) is 2. The molecule has 2 fully saturated rings. The first kappa shape index (κ1) is 29.6. The molecule has 1 spiro atoms. The van der Waals surface area contributed by atoms with E-state index in [4.69, 9.17) is 4.74 Å². The van der Waals surface area contributed by atoms with E-state index >= 15 is 0 Å². The fourth-order valence-corrected chi connectivity index (χ4v) is 8.17. The van der Waals surface area contributed by atoms with E-state index in [1.165, 1.54) is 12.1 Å². The Hall–Kier alpha value is -3.50. The third kappa shape index (κ3) is 5.87. The average molecular weight is 605 g/mol. The summed E-state index contributed by atoms with van der Waals surface area (Å²) in [6.07, 6.45) is 3.54. The molecule has 1 amide bonds. The molecule has 43 heavy (non-hydrogen) atoms. The van der Waals surface area contributed by atoms with Gasteiger partial charge < -0.3 is 14.7 Å². The highest BCUT2D eigenvalue weighted by Crippen LogP contribution is 2.58. The zero-order chi connectivity index (χ0) is 30.7. The van der Waals surface area contributed by atoms with Crippen molar-refractivity contribution < 1.29 is 23.1 Å². The Morgan fingerprint density at radius 2 is 1.70 bits per heavy atom. The number of carbonyl (C=O) groups is 1. The molecule has 6 rings (SSSR count). The van der Waals surface area contributed by atoms with Gasteiger partial charge in [-0.25, -0.2) is 18.1 Å². The molecular weight excluding hydrogens is 564 g/mol. The number of aryl methyl sites for hydroxylation is 2. The van der Waals surface area contributed by atoms with Crippen LogP contribution in [-0.4, -0.2) is 59.1 Å². The first-order chi connectivity index (χ1) is 20.2. The number of nitrogens with one attached hydrogen (secondary N) is 1. The summed E-state index contributed by atoms with van der Waals surface area (Å²) in [4.78, 5) is 25.3. The molecule has 4 bridgehead atoms. The van der Waals surface area contributed by atoms with Gasteiger partial charge in [-0.3, -0.25) is 4.79 Å². The molecule has 2 aromatic carbocycles. The maximum Gasteiger partial charge on any atom is 0.264 e. The Labute approximate surface area is 253 Å². The van der Waals surface area contributed by atoms with Gasteiger partial charge in [0.2, 0.25) is 11.8 Å². The van der Waals surface area contributed by atoms with Crippen LogP contribution in [-0.2, 0) is 10.0 Å². The molecule has 0 saturated heterocycles. The fraction of sp³-hybridized carbons (Fsp3) is 0.485. The van der Waals surface area contributed by atoms with Crippen LogP contribution in [0.1, 0.15) is 74.4 Å². The van der Waals surface area contributed by atoms with Crippen LogP contribution >= 0.6 is 0 Å². The van der Waals surface area contributed by atoms with Crippen molar-refractivity contribution in [3.63, 3.8) is 0 Å². The smallest absolute Gasteiger partial charge is 0.264 e. The van der Waals surface area contributed by atoms with Gasteiger partial charge in [-0.15, -0.1) is 0 Å². The SMILES string of the molecule is Cc1cccc(C)c1-c1cc2nc(n1)NS(=O)(=O)c1cccc(c1)C(=O)N(C1CC3(CC(O)C3)C1)[C@H](CC(C)(C)C)CO2. The van der Waals surface area contributed by atoms with E-state index in [-0.39, 0.29) is 58.3 Å². The Morgan fingerprint density at radius 1 is 1.02 bits per heavy atom. The van der Waals surface area contributed by atoms with Crippen molar-refractivity contribution in [2.75, 3.05) is 11.3 Å². The van der Waals surface area contributed by atoms with Gasteiger partial charge in [0.25, 0.3) is 15.9 Å². The van der Waals surface area contributed by atoms with Crippen LogP contribution in [0.5, 0.6) is 5.88 Å². The van der Waals surface area contributed by atoms with Crippen molar-refractivity contribution in [2.24, 2.45) is 10.8 Å². The molecule has 2 saturated carbocycles. The van der Waals surface area contributed by atoms with Gasteiger partial charge in [-0.2, -0.15) is 4.98 Å². The molecule has 0 unspecified atom stereocenters. The molecule has 10 heteroatoms. The quantitative estimate of drug-likeness (QED) is 0.405. The summed E-state index contributed by atoms with van der Waals surface area (Å²) in [5.74, 6) is -0.0856. The molecule has 9 nitrogen and oxygen atoms in total. The largest absolute Gasteiger partial charge is 0.475 e. The number of benzene rings is 2. The van der Waals surface area contributed by atoms with Gasteiger partial charge in [0, 0.05) is 23.2 Å². The van der Waals surface area contributed by atoms with Crippen molar-refractivity contribution in [3.8, 4) is 17.1 Å². The molecule has 0 radical (unpaired) electrons. The minimum Gasteiger partial charge on any atom is -0.475 e. The van der Waals surface area contributed by atoms with Gasteiger partial charge >= 0.3 is 0 Å². The topological polar surface area (TPSA) is 122 Å². The van der Waals surface area contributed by atoms with Gasteiger partial charge in [0.15, 0.2) is 0 Å². The minimum atomic E-state index is -4.12. The maximum atomic E-state index is 14.3. The number of carbonyl (C=O) groups excluding carboxylic acids is 1. The second-order valence-electron chi connectivity index (χ2n) is 13.9. The molecule has 2 aliphatic carbocycles. The number of fused-ring (bicyclic) bond motifs is 4. The summed E-state index contributed by atoms with van der Waals surface area (Å²) >= 11 is 0. The van der Waals surface area contributed by atoms with Crippen molar-refractivity contribution in [2.45, 2.75) is 89.8 Å². The summed E-state index contributed by atoms with van der Waals surface area (Å²) < 4.78 is 36.1. The van der Waals surface area contributed by atoms with Crippen LogP contribution in [0.2, 0.25) is 0 Å². The monoisotopic (exact) mass is 604 g/mol. The third-order valence-corrected chi connectivity index (χ3v) is 10.4. The van der Waals surface area contributed by atoms with Crippen LogP contribution in [0.4, 0.5) is 5.95 Å². The van der Waals surface area contributed by atoms with E-state index in [1.807, 2.05) is 36.9 Å². The predicted molar refractivity (Wildman–Crippen MR) is 164 cm³/mol. The summed E-state index contributed by atoms with van der Waals surface area (Å²) in [5.41, 5.74) is 3.67. The lowest BCUT2D eigenvalue weighted by Crippen LogP contribution is -2.62. The minimum absolute atomic E-state index is 0.0365. The van der Waals surface area contributed by atoms with Crippen LogP contribution in [0.25, 0.3) is 11.3 Å². The number of aromatic nitrogens is 2. The van der Waals surface area contributed by atoms with Crippen LogP contribution < -0.4 is 9.46 Å². The van der Waals surface area contributed by atoms with E-state index in [0.29, 0.717) is 17.7 Å². The standard InChI is InChI=1S/C33H40N4O5S/c1-20-8-6-9-21(2)29(20)27-13-28-35-31(34-27)36-43(40,41)26-11-7-10-22(12-26)30(39)37(24(19-42-28)14-32(3,4)5)23-15-33(16-23)17-25(38)18-33/h6-13,23-25,38H,14-19H2,1-5H3,(H,34,35,36)/t23?,24-,25?,33?/m1/s1. The second-order valence-corrected chi connectivity index (χ2v) is 15.6. The lowest BCUT2D eigenvalue weighted by Gasteiger charge is -2.59. The summed E-state index contributed by atoms with van der Waals surface area (Å²) in [5, 5.41) is 10.0. The van der Waals surface area contributed by atoms with Crippen LogP contribution in [0.15, 0.2) is 53.4 Å². The predicted octanol–water partition coefficient (Wildman–Crippen LogP) is 5.50. The molecular formula is C33H40N4O5S. The molecule has 1 atom stereocenters. The number of aliphatic hydroxyl groups is 1. The Bertz CT molecular complexity index is 1650. The van der Waals surface area contributed by atoms with Crippen molar-refractivity contribution >= 4 is 21.9 Å². The number of anilines is 1. The third-order valence-electron chi connectivity index (χ3n) is 9.02. The van der Waals surface area contributed by atoms with E-state index in [0.717, 1.165) is 42.4 Å². The molecule has 228 valence electrons. The number of aliphatic hydroxyl groups excluding tert-OH is 1. The number of sulfonamides is 1. The van der Waals surface area contributed by atoms with E-state index in [2.05, 4.69) is 35.5 Å². The number of ether oxygens (including phenoxy) is 1. The number of hydrogen-bond acceptors (Lipinski definition) is 7. The maximum absolute atomic E-state index is 14.3. The Kier molecular flexibility index (Phi) is 7.28. The second kappa shape index (κ2) is 10.6. The van der Waals surface area contributed by atoms with Crippen molar-refractivity contribution in [1.82, 2.24) is 14.9 Å². The van der Waals surface area contributed by atoms with Crippen molar-refractivity contribution in [3.05, 3.63) is 65.2 Å². The summed E-state index contributed by atoms with van der Waals surface area (Å²) in [6.45, 7) is 10.6. The van der Waals surface area contributed by atoms with E-state index in [9.17, 15) is 18.3 Å². The van der Waals surface area contributed by atoms with Gasteiger partial charge in [0.1, 0.15) is 6.61 Å². The number of amides is 1. The molecule has 3 aliphatic rings. The molecule has 1 aliphatic heterocycles. The Balaban J connectivity index is 1.47. The van der Waals surface area contributed by atoms with Crippen molar-refractivity contribution in [1.29, 1.82) is 0 Å². The summed E-state index contributed by atoms with van der Waals surface area (Å²) in [7, 11) is -4.12. The molecule has 3 aromatic rings. The van der Waals surface area contributed by atoms with E-state index < -0.39 is 10.0 Å². The molecule has 1 aromatic heterocycles. The van der Waals surface area contributed by atoms with E-state index in [1.54, 1.807) is 18.2 Å². The number of nitrogens with zero attached hydrogens (tertiary/aromatic N) is 3. The normalized spacial score (nSPS) is 26.6. The number of rotatable bonds is 3. The summed E-state index contributed by atoms with van der Waals surface area (Å²) in [6, 6.07) is 13.5. The first-order valence-electron chi connectivity index (χ1n) is 14.9. The highest BCUT2D eigenvalue weighted by Gasteiger charge is 2.55. The lowest BCUT2D eigenvalue weighted by molar-refractivity contribution is -0.124. The van der Waals surface area contributed by atoms with Gasteiger partial charge in [0.05, 0.1) is 22.7 Å². The molecule has 2 heterocycles. The van der Waals surface area contributed by atoms with Crippen LogP contribution in [0.3, 0.4) is 0 Å². The first-order valence-corrected chi connectivity index (χ1v) is 16.4. The highest BCUT2D eigenvalue weighted by atomic mass is 32.2. The van der Waals surface area contributed by atoms with Crippen LogP contribution in [0, 0.1) is 24.7 Å².